The zero-order valence-electron chi connectivity index (χ0n) is 11.5. The third-order valence-corrected chi connectivity index (χ3v) is 4.01. The van der Waals surface area contributed by atoms with Crippen molar-refractivity contribution in [3.8, 4) is 5.75 Å². The SMILES string of the molecule is COc1ccc2c(Br)nc(CCc3ccc(F)cc3)n2c1. The maximum Gasteiger partial charge on any atom is 0.135 e. The van der Waals surface area contributed by atoms with Gasteiger partial charge in [0.2, 0.25) is 0 Å². The summed E-state index contributed by atoms with van der Waals surface area (Å²) in [7, 11) is 1.64. The molecule has 5 heteroatoms. The Morgan fingerprint density at radius 1 is 1.14 bits per heavy atom. The van der Waals surface area contributed by atoms with E-state index >= 15 is 0 Å². The predicted octanol–water partition coefficient (Wildman–Crippen LogP) is 4.03. The van der Waals surface area contributed by atoms with Crippen LogP contribution in [0.3, 0.4) is 0 Å². The molecule has 0 radical (unpaired) electrons. The van der Waals surface area contributed by atoms with Crippen molar-refractivity contribution in [2.45, 2.75) is 12.8 Å². The fourth-order valence-electron chi connectivity index (χ4n) is 2.29. The molecular formula is C16H14BrFN2O. The van der Waals surface area contributed by atoms with Crippen LogP contribution >= 0.6 is 15.9 Å². The van der Waals surface area contributed by atoms with Gasteiger partial charge in [-0.1, -0.05) is 12.1 Å². The number of nitrogens with zero attached hydrogens (tertiary/aromatic N) is 2. The largest absolute Gasteiger partial charge is 0.495 e. The summed E-state index contributed by atoms with van der Waals surface area (Å²) >= 11 is 3.48. The summed E-state index contributed by atoms with van der Waals surface area (Å²) in [5, 5.41) is 0. The minimum absolute atomic E-state index is 0.211. The van der Waals surface area contributed by atoms with Gasteiger partial charge in [0.1, 0.15) is 22.0 Å². The lowest BCUT2D eigenvalue weighted by molar-refractivity contribution is 0.412. The summed E-state index contributed by atoms with van der Waals surface area (Å²) in [6, 6.07) is 10.5. The first-order valence-electron chi connectivity index (χ1n) is 6.62. The van der Waals surface area contributed by atoms with Crippen LogP contribution in [0.25, 0.3) is 5.52 Å². The van der Waals surface area contributed by atoms with Crippen molar-refractivity contribution in [1.82, 2.24) is 9.38 Å². The van der Waals surface area contributed by atoms with E-state index < -0.39 is 0 Å². The molecule has 0 aliphatic heterocycles. The van der Waals surface area contributed by atoms with Gasteiger partial charge in [-0.3, -0.25) is 4.40 Å². The first-order valence-corrected chi connectivity index (χ1v) is 7.41. The maximum atomic E-state index is 12.9. The van der Waals surface area contributed by atoms with Crippen molar-refractivity contribution in [3.05, 3.63) is 64.4 Å². The van der Waals surface area contributed by atoms with Gasteiger partial charge >= 0.3 is 0 Å². The Labute approximate surface area is 130 Å². The van der Waals surface area contributed by atoms with Gasteiger partial charge in [-0.2, -0.15) is 0 Å². The van der Waals surface area contributed by atoms with Gasteiger partial charge in [0.25, 0.3) is 0 Å². The van der Waals surface area contributed by atoms with Crippen LogP contribution in [-0.2, 0) is 12.8 Å². The lowest BCUT2D eigenvalue weighted by atomic mass is 10.1. The molecule has 3 aromatic rings. The highest BCUT2D eigenvalue weighted by Crippen LogP contribution is 2.23. The average molecular weight is 349 g/mol. The summed E-state index contributed by atoms with van der Waals surface area (Å²) in [6.07, 6.45) is 3.50. The van der Waals surface area contributed by atoms with Gasteiger partial charge in [-0.05, 0) is 52.2 Å². The molecule has 1 aromatic carbocycles. The Morgan fingerprint density at radius 3 is 2.62 bits per heavy atom. The molecule has 21 heavy (non-hydrogen) atoms. The van der Waals surface area contributed by atoms with Crippen molar-refractivity contribution in [3.63, 3.8) is 0 Å². The van der Waals surface area contributed by atoms with Gasteiger partial charge in [-0.15, -0.1) is 0 Å². The number of hydrogen-bond acceptors (Lipinski definition) is 2. The van der Waals surface area contributed by atoms with E-state index in [0.29, 0.717) is 0 Å². The summed E-state index contributed by atoms with van der Waals surface area (Å²) in [4.78, 5) is 4.55. The highest BCUT2D eigenvalue weighted by molar-refractivity contribution is 9.10. The Balaban J connectivity index is 1.87. The number of rotatable bonds is 4. The van der Waals surface area contributed by atoms with E-state index in [9.17, 15) is 4.39 Å². The summed E-state index contributed by atoms with van der Waals surface area (Å²) in [6.45, 7) is 0. The van der Waals surface area contributed by atoms with E-state index in [1.807, 2.05) is 22.7 Å². The number of benzene rings is 1. The second-order valence-corrected chi connectivity index (χ2v) is 5.52. The molecule has 3 nitrogen and oxygen atoms in total. The Kier molecular flexibility index (Phi) is 3.92. The number of hydrogen-bond donors (Lipinski definition) is 0. The molecule has 2 heterocycles. The Bertz CT molecular complexity index is 768. The van der Waals surface area contributed by atoms with E-state index in [0.717, 1.165) is 40.1 Å². The molecule has 0 aliphatic carbocycles. The van der Waals surface area contributed by atoms with Gasteiger partial charge in [0, 0.05) is 6.42 Å². The predicted molar refractivity (Wildman–Crippen MR) is 83.3 cm³/mol. The molecule has 0 saturated heterocycles. The highest BCUT2D eigenvalue weighted by Gasteiger charge is 2.10. The smallest absolute Gasteiger partial charge is 0.135 e. The van der Waals surface area contributed by atoms with Crippen molar-refractivity contribution < 1.29 is 9.13 Å². The second kappa shape index (κ2) is 5.85. The van der Waals surface area contributed by atoms with Crippen LogP contribution in [0.1, 0.15) is 11.4 Å². The molecule has 0 fully saturated rings. The van der Waals surface area contributed by atoms with Crippen LogP contribution in [0, 0.1) is 5.82 Å². The van der Waals surface area contributed by atoms with E-state index in [-0.39, 0.29) is 5.82 Å². The molecule has 2 aromatic heterocycles. The Morgan fingerprint density at radius 2 is 1.90 bits per heavy atom. The third-order valence-electron chi connectivity index (χ3n) is 3.42. The van der Waals surface area contributed by atoms with Gasteiger partial charge in [0.05, 0.1) is 18.8 Å². The number of fused-ring (bicyclic) bond motifs is 1. The van der Waals surface area contributed by atoms with E-state index in [2.05, 4.69) is 20.9 Å². The molecule has 0 aliphatic rings. The van der Waals surface area contributed by atoms with Crippen LogP contribution in [0.2, 0.25) is 0 Å². The lowest BCUT2D eigenvalue weighted by Crippen LogP contribution is -1.98. The zero-order valence-corrected chi connectivity index (χ0v) is 13.1. The first kappa shape index (κ1) is 14.1. The number of aryl methyl sites for hydroxylation is 2. The molecule has 0 amide bonds. The van der Waals surface area contributed by atoms with Crippen LogP contribution in [0.15, 0.2) is 47.2 Å². The van der Waals surface area contributed by atoms with E-state index in [1.54, 1.807) is 19.2 Å². The average Bonchev–Trinajstić information content (AvgIpc) is 2.82. The quantitative estimate of drug-likeness (QED) is 0.711. The highest BCUT2D eigenvalue weighted by atomic mass is 79.9. The molecule has 0 unspecified atom stereocenters. The number of halogens is 2. The number of methoxy groups -OCH3 is 1. The van der Waals surface area contributed by atoms with Crippen molar-refractivity contribution >= 4 is 21.4 Å². The van der Waals surface area contributed by atoms with Crippen molar-refractivity contribution in [2.24, 2.45) is 0 Å². The summed E-state index contributed by atoms with van der Waals surface area (Å²) < 4.78 is 21.0. The standard InChI is InChI=1S/C16H14BrFN2O/c1-21-13-7-8-14-16(17)19-15(20(14)10-13)9-4-11-2-5-12(18)6-3-11/h2-3,5-8,10H,4,9H2,1H3. The fraction of sp³-hybridized carbons (Fsp3) is 0.188. The molecule has 3 rings (SSSR count). The van der Waals surface area contributed by atoms with Crippen LogP contribution < -0.4 is 4.74 Å². The summed E-state index contributed by atoms with van der Waals surface area (Å²) in [5.41, 5.74) is 2.09. The number of imidazole rings is 1. The Hall–Kier alpha value is -1.88. The maximum absolute atomic E-state index is 12.9. The first-order chi connectivity index (χ1) is 10.2. The molecule has 0 atom stereocenters. The van der Waals surface area contributed by atoms with E-state index in [1.165, 1.54) is 12.1 Å². The molecule has 0 spiro atoms. The molecular weight excluding hydrogens is 335 g/mol. The van der Waals surface area contributed by atoms with Crippen LogP contribution in [0.5, 0.6) is 5.75 Å². The van der Waals surface area contributed by atoms with Gasteiger partial charge < -0.3 is 4.74 Å². The third kappa shape index (κ3) is 2.93. The monoisotopic (exact) mass is 348 g/mol. The zero-order chi connectivity index (χ0) is 14.8. The van der Waals surface area contributed by atoms with Gasteiger partial charge in [0.15, 0.2) is 0 Å². The lowest BCUT2D eigenvalue weighted by Gasteiger charge is -2.04. The fourth-order valence-corrected chi connectivity index (χ4v) is 2.82. The van der Waals surface area contributed by atoms with Crippen molar-refractivity contribution in [1.29, 1.82) is 0 Å². The second-order valence-electron chi connectivity index (χ2n) is 4.77. The topological polar surface area (TPSA) is 26.5 Å². The van der Waals surface area contributed by atoms with Crippen LogP contribution in [-0.4, -0.2) is 16.5 Å². The number of ether oxygens (including phenoxy) is 1. The molecule has 0 bridgehead atoms. The molecule has 108 valence electrons. The van der Waals surface area contributed by atoms with Gasteiger partial charge in [-0.25, -0.2) is 9.37 Å². The molecule has 0 saturated carbocycles. The number of aromatic nitrogens is 2. The van der Waals surface area contributed by atoms with Crippen LogP contribution in [0.4, 0.5) is 4.39 Å². The minimum Gasteiger partial charge on any atom is -0.495 e. The minimum atomic E-state index is -0.211. The number of pyridine rings is 1. The van der Waals surface area contributed by atoms with Crippen molar-refractivity contribution in [2.75, 3.05) is 7.11 Å². The normalized spacial score (nSPS) is 11.0. The summed E-state index contributed by atoms with van der Waals surface area (Å²) in [5.74, 6) is 1.52. The van der Waals surface area contributed by atoms with E-state index in [4.69, 9.17) is 4.74 Å². The molecule has 0 N–H and O–H groups in total.